The Labute approximate surface area is 121 Å². The molecule has 1 aromatic carbocycles. The predicted molar refractivity (Wildman–Crippen MR) is 83.1 cm³/mol. The fourth-order valence-electron chi connectivity index (χ4n) is 3.85. The van der Waals surface area contributed by atoms with Crippen LogP contribution < -0.4 is 0 Å². The molecule has 2 fully saturated rings. The first-order valence-corrected chi connectivity index (χ1v) is 8.08. The summed E-state index contributed by atoms with van der Waals surface area (Å²) in [5.41, 5.74) is 6.00. The second-order valence-corrected chi connectivity index (χ2v) is 7.61. The topological polar surface area (TPSA) is 0 Å². The molecule has 0 radical (unpaired) electrons. The lowest BCUT2D eigenvalue weighted by Gasteiger charge is -2.34. The third-order valence-electron chi connectivity index (χ3n) is 5.72. The molecule has 0 aliphatic heterocycles. The summed E-state index contributed by atoms with van der Waals surface area (Å²) in [6, 6.07) is 10.5. The van der Waals surface area contributed by atoms with Gasteiger partial charge in [0.1, 0.15) is 0 Å². The first-order valence-electron chi connectivity index (χ1n) is 7.20. The van der Waals surface area contributed by atoms with Gasteiger partial charge < -0.3 is 0 Å². The summed E-state index contributed by atoms with van der Waals surface area (Å²) in [4.78, 5) is 1.29. The van der Waals surface area contributed by atoms with Crippen LogP contribution in [0.25, 0.3) is 0 Å². The Morgan fingerprint density at radius 2 is 1.95 bits per heavy atom. The van der Waals surface area contributed by atoms with Gasteiger partial charge in [-0.3, -0.25) is 0 Å². The van der Waals surface area contributed by atoms with E-state index in [1.54, 1.807) is 17.3 Å². The Bertz CT molecular complexity index is 534. The molecule has 2 atom stereocenters. The van der Waals surface area contributed by atoms with Crippen LogP contribution in [0.4, 0.5) is 0 Å². The van der Waals surface area contributed by atoms with Crippen molar-refractivity contribution in [3.05, 3.63) is 47.0 Å². The molecule has 19 heavy (non-hydrogen) atoms. The Balaban J connectivity index is 1.82. The van der Waals surface area contributed by atoms with E-state index in [0.717, 1.165) is 5.92 Å². The fourth-order valence-corrected chi connectivity index (χ4v) is 4.50. The number of hydrogen-bond donors (Lipinski definition) is 0. The molecule has 0 nitrogen and oxygen atoms in total. The van der Waals surface area contributed by atoms with Crippen LogP contribution in [-0.2, 0) is 0 Å². The van der Waals surface area contributed by atoms with Gasteiger partial charge in [-0.1, -0.05) is 50.7 Å². The van der Waals surface area contributed by atoms with Crippen molar-refractivity contribution in [2.24, 2.45) is 16.7 Å². The molecule has 2 unspecified atom stereocenters. The van der Waals surface area contributed by atoms with Crippen molar-refractivity contribution in [1.29, 1.82) is 0 Å². The number of hydrogen-bond acceptors (Lipinski definition) is 1. The van der Waals surface area contributed by atoms with Crippen molar-refractivity contribution in [2.75, 3.05) is 0 Å². The van der Waals surface area contributed by atoms with Crippen molar-refractivity contribution in [3.8, 4) is 0 Å². The van der Waals surface area contributed by atoms with Crippen molar-refractivity contribution in [3.63, 3.8) is 0 Å². The van der Waals surface area contributed by atoms with Crippen LogP contribution in [0.3, 0.4) is 0 Å². The standard InChI is InChI=1S/C18H22S/c1-17(2)14-9-11-18(17,3)15(13-14)10-12-19-16-7-5-4-6-8-16/h4-8,12,14H,9,11,13H2,1-3H3. The lowest BCUT2D eigenvalue weighted by Crippen LogP contribution is -2.27. The summed E-state index contributed by atoms with van der Waals surface area (Å²) in [5, 5.41) is 2.16. The van der Waals surface area contributed by atoms with Crippen LogP contribution in [0.2, 0.25) is 0 Å². The number of allylic oxidation sites excluding steroid dienone is 1. The van der Waals surface area contributed by atoms with E-state index in [1.807, 2.05) is 0 Å². The van der Waals surface area contributed by atoms with Crippen molar-refractivity contribution in [1.82, 2.24) is 0 Å². The number of rotatable bonds is 2. The molecular weight excluding hydrogens is 248 g/mol. The molecule has 0 saturated heterocycles. The third-order valence-corrected chi connectivity index (χ3v) is 6.50. The molecular formula is C18H22S. The van der Waals surface area contributed by atoms with Gasteiger partial charge in [0.2, 0.25) is 0 Å². The molecule has 0 amide bonds. The molecule has 1 heteroatoms. The minimum atomic E-state index is 0.380. The van der Waals surface area contributed by atoms with E-state index in [1.165, 1.54) is 24.2 Å². The lowest BCUT2D eigenvalue weighted by molar-refractivity contribution is 0.179. The monoisotopic (exact) mass is 270 g/mol. The molecule has 2 aliphatic carbocycles. The van der Waals surface area contributed by atoms with Gasteiger partial charge in [0.25, 0.3) is 0 Å². The van der Waals surface area contributed by atoms with Gasteiger partial charge in [-0.15, -0.1) is 5.73 Å². The number of benzene rings is 1. The van der Waals surface area contributed by atoms with Gasteiger partial charge in [-0.25, -0.2) is 0 Å². The highest BCUT2D eigenvalue weighted by Crippen LogP contribution is 2.67. The average Bonchev–Trinajstić information content (AvgIpc) is 2.73. The van der Waals surface area contributed by atoms with Crippen LogP contribution in [0.5, 0.6) is 0 Å². The van der Waals surface area contributed by atoms with E-state index < -0.39 is 0 Å². The molecule has 0 aromatic heterocycles. The summed E-state index contributed by atoms with van der Waals surface area (Å²) in [6.45, 7) is 7.34. The molecule has 3 rings (SSSR count). The summed E-state index contributed by atoms with van der Waals surface area (Å²) < 4.78 is 0. The third kappa shape index (κ3) is 2.00. The second kappa shape index (κ2) is 4.58. The van der Waals surface area contributed by atoms with E-state index in [-0.39, 0.29) is 0 Å². The fraction of sp³-hybridized carbons (Fsp3) is 0.500. The summed E-state index contributed by atoms with van der Waals surface area (Å²) in [7, 11) is 0. The number of fused-ring (bicyclic) bond motifs is 2. The maximum Gasteiger partial charge on any atom is 0.0178 e. The first kappa shape index (κ1) is 13.1. The van der Waals surface area contributed by atoms with Crippen LogP contribution in [-0.4, -0.2) is 0 Å². The zero-order valence-corrected chi connectivity index (χ0v) is 12.9. The van der Waals surface area contributed by atoms with E-state index in [4.69, 9.17) is 0 Å². The summed E-state index contributed by atoms with van der Waals surface area (Å²) >= 11 is 1.78. The van der Waals surface area contributed by atoms with Crippen molar-refractivity contribution in [2.45, 2.75) is 44.9 Å². The zero-order valence-electron chi connectivity index (χ0n) is 12.1. The molecule has 0 N–H and O–H groups in total. The Morgan fingerprint density at radius 1 is 1.21 bits per heavy atom. The van der Waals surface area contributed by atoms with Gasteiger partial charge in [0.05, 0.1) is 0 Å². The molecule has 0 spiro atoms. The lowest BCUT2D eigenvalue weighted by atomic mass is 9.69. The normalized spacial score (nSPS) is 31.3. The summed E-state index contributed by atoms with van der Waals surface area (Å²) in [5.74, 6) is 0.870. The van der Waals surface area contributed by atoms with Crippen LogP contribution in [0.15, 0.2) is 51.9 Å². The SMILES string of the molecule is CC12CCC(CC1=C=CSc1ccccc1)C2(C)C. The first-order chi connectivity index (χ1) is 9.04. The average molecular weight is 270 g/mol. The highest BCUT2D eigenvalue weighted by Gasteiger charge is 2.58. The molecule has 2 bridgehead atoms. The van der Waals surface area contributed by atoms with Gasteiger partial charge in [0.15, 0.2) is 0 Å². The highest BCUT2D eigenvalue weighted by molar-refractivity contribution is 8.02. The Hall–Kier alpha value is -0.910. The minimum absolute atomic E-state index is 0.380. The van der Waals surface area contributed by atoms with E-state index in [9.17, 15) is 0 Å². The summed E-state index contributed by atoms with van der Waals surface area (Å²) in [6.07, 6.45) is 4.01. The van der Waals surface area contributed by atoms with Crippen LogP contribution in [0, 0.1) is 16.7 Å². The quantitative estimate of drug-likeness (QED) is 0.493. The van der Waals surface area contributed by atoms with E-state index >= 15 is 0 Å². The smallest absolute Gasteiger partial charge is 0.0178 e. The zero-order chi connectivity index (χ0) is 13.5. The predicted octanol–water partition coefficient (Wildman–Crippen LogP) is 5.66. The van der Waals surface area contributed by atoms with Crippen molar-refractivity contribution >= 4 is 11.8 Å². The van der Waals surface area contributed by atoms with Crippen molar-refractivity contribution < 1.29 is 0 Å². The van der Waals surface area contributed by atoms with Crippen LogP contribution >= 0.6 is 11.8 Å². The minimum Gasteiger partial charge on any atom is -0.114 e. The number of thioether (sulfide) groups is 1. The largest absolute Gasteiger partial charge is 0.114 e. The van der Waals surface area contributed by atoms with Gasteiger partial charge in [-0.2, -0.15) is 0 Å². The molecule has 2 aliphatic rings. The van der Waals surface area contributed by atoms with Gasteiger partial charge >= 0.3 is 0 Å². The molecule has 2 saturated carbocycles. The Kier molecular flexibility index (Phi) is 3.15. The maximum absolute atomic E-state index is 3.61. The molecule has 0 heterocycles. The molecule has 1 aromatic rings. The maximum atomic E-state index is 3.61. The van der Waals surface area contributed by atoms with Crippen LogP contribution in [0.1, 0.15) is 40.0 Å². The second-order valence-electron chi connectivity index (χ2n) is 6.67. The van der Waals surface area contributed by atoms with E-state index in [0.29, 0.717) is 10.8 Å². The van der Waals surface area contributed by atoms with Gasteiger partial charge in [-0.05, 0) is 48.3 Å². The Morgan fingerprint density at radius 3 is 2.53 bits per heavy atom. The highest BCUT2D eigenvalue weighted by atomic mass is 32.2. The van der Waals surface area contributed by atoms with E-state index in [2.05, 4.69) is 62.2 Å². The molecule has 100 valence electrons. The van der Waals surface area contributed by atoms with Gasteiger partial charge in [0, 0.05) is 15.7 Å².